The average Bonchev–Trinajstić information content (AvgIpc) is 2.70. The second-order valence-electron chi connectivity index (χ2n) is 4.32. The van der Waals surface area contributed by atoms with Crippen LogP contribution in [0.4, 0.5) is 5.82 Å². The number of fused-ring (bicyclic) bond motifs is 1. The molecular formula is C12H14BrN3S. The van der Waals surface area contributed by atoms with E-state index in [0.29, 0.717) is 5.92 Å². The van der Waals surface area contributed by atoms with Crippen molar-refractivity contribution in [2.45, 2.75) is 18.8 Å². The monoisotopic (exact) mass is 311 g/mol. The van der Waals surface area contributed by atoms with Gasteiger partial charge in [-0.3, -0.25) is 4.40 Å². The van der Waals surface area contributed by atoms with Crippen LogP contribution in [0.2, 0.25) is 0 Å². The van der Waals surface area contributed by atoms with E-state index in [1.165, 1.54) is 24.3 Å². The molecule has 5 heteroatoms. The summed E-state index contributed by atoms with van der Waals surface area (Å²) >= 11 is 5.56. The first-order valence-corrected chi connectivity index (χ1v) is 7.72. The highest BCUT2D eigenvalue weighted by atomic mass is 79.9. The highest BCUT2D eigenvalue weighted by molar-refractivity contribution is 9.10. The molecule has 2 aromatic heterocycles. The number of imidazole rings is 1. The smallest absolute Gasteiger partial charge is 0.132 e. The fraction of sp³-hybridized carbons (Fsp3) is 0.417. The number of rotatable bonds is 1. The fourth-order valence-corrected chi connectivity index (χ4v) is 3.98. The van der Waals surface area contributed by atoms with Crippen LogP contribution >= 0.6 is 27.7 Å². The molecule has 1 fully saturated rings. The summed E-state index contributed by atoms with van der Waals surface area (Å²) in [4.78, 5) is 4.66. The number of halogens is 1. The molecule has 2 N–H and O–H groups in total. The summed E-state index contributed by atoms with van der Waals surface area (Å²) in [6.07, 6.45) is 2.40. The van der Waals surface area contributed by atoms with Crippen molar-refractivity contribution in [2.75, 3.05) is 17.2 Å². The SMILES string of the molecule is Nc1cccc2c(Br)nc(C3CCSCC3)n12. The third-order valence-corrected chi connectivity index (χ3v) is 4.89. The second-order valence-corrected chi connectivity index (χ2v) is 6.29. The largest absolute Gasteiger partial charge is 0.385 e. The van der Waals surface area contributed by atoms with Gasteiger partial charge in [0.2, 0.25) is 0 Å². The fourth-order valence-electron chi connectivity index (χ4n) is 2.38. The first kappa shape index (κ1) is 11.4. The number of nitrogens with zero attached hydrogens (tertiary/aromatic N) is 2. The van der Waals surface area contributed by atoms with Gasteiger partial charge in [-0.2, -0.15) is 11.8 Å². The van der Waals surface area contributed by atoms with E-state index in [0.717, 1.165) is 21.8 Å². The first-order valence-electron chi connectivity index (χ1n) is 5.77. The quantitative estimate of drug-likeness (QED) is 0.879. The maximum atomic E-state index is 6.07. The van der Waals surface area contributed by atoms with E-state index in [9.17, 15) is 0 Å². The Labute approximate surface area is 113 Å². The summed E-state index contributed by atoms with van der Waals surface area (Å²) in [5.74, 6) is 4.88. The van der Waals surface area contributed by atoms with Crippen molar-refractivity contribution in [1.29, 1.82) is 0 Å². The van der Waals surface area contributed by atoms with Crippen LogP contribution in [0, 0.1) is 0 Å². The standard InChI is InChI=1S/C12H14BrN3S/c13-11-9-2-1-3-10(14)16(9)12(15-11)8-4-6-17-7-5-8/h1-3,8H,4-7,14H2. The molecule has 3 heterocycles. The van der Waals surface area contributed by atoms with Gasteiger partial charge in [-0.1, -0.05) is 6.07 Å². The van der Waals surface area contributed by atoms with Gasteiger partial charge in [-0.15, -0.1) is 0 Å². The summed E-state index contributed by atoms with van der Waals surface area (Å²) < 4.78 is 2.99. The van der Waals surface area contributed by atoms with Gasteiger partial charge >= 0.3 is 0 Å². The van der Waals surface area contributed by atoms with Crippen LogP contribution < -0.4 is 5.73 Å². The number of aromatic nitrogens is 2. The zero-order chi connectivity index (χ0) is 11.8. The van der Waals surface area contributed by atoms with Gasteiger partial charge in [0, 0.05) is 5.92 Å². The Balaban J connectivity index is 2.15. The summed E-state index contributed by atoms with van der Waals surface area (Å²) in [6.45, 7) is 0. The lowest BCUT2D eigenvalue weighted by Gasteiger charge is -2.20. The van der Waals surface area contributed by atoms with E-state index >= 15 is 0 Å². The van der Waals surface area contributed by atoms with Crippen molar-refractivity contribution in [3.8, 4) is 0 Å². The lowest BCUT2D eigenvalue weighted by atomic mass is 10.0. The van der Waals surface area contributed by atoms with Crippen molar-refractivity contribution in [1.82, 2.24) is 9.38 Å². The Morgan fingerprint density at radius 2 is 2.12 bits per heavy atom. The molecular weight excluding hydrogens is 298 g/mol. The number of anilines is 1. The van der Waals surface area contributed by atoms with Crippen LogP contribution in [0.5, 0.6) is 0 Å². The number of hydrogen-bond acceptors (Lipinski definition) is 3. The molecule has 1 aliphatic rings. The van der Waals surface area contributed by atoms with E-state index in [1.807, 2.05) is 23.9 Å². The van der Waals surface area contributed by atoms with Crippen LogP contribution in [0.1, 0.15) is 24.6 Å². The number of hydrogen-bond donors (Lipinski definition) is 1. The number of nitrogens with two attached hydrogens (primary N) is 1. The van der Waals surface area contributed by atoms with Gasteiger partial charge in [0.05, 0.1) is 5.52 Å². The Kier molecular flexibility index (Phi) is 3.04. The molecule has 0 spiro atoms. The van der Waals surface area contributed by atoms with Crippen molar-refractivity contribution >= 4 is 39.0 Å². The Morgan fingerprint density at radius 3 is 2.88 bits per heavy atom. The van der Waals surface area contributed by atoms with Gasteiger partial charge in [0.15, 0.2) is 0 Å². The molecule has 3 nitrogen and oxygen atoms in total. The predicted octanol–water partition coefficient (Wildman–Crippen LogP) is 3.29. The summed E-state index contributed by atoms with van der Waals surface area (Å²) in [5, 5.41) is 0. The Hall–Kier alpha value is -0.680. The van der Waals surface area contributed by atoms with E-state index < -0.39 is 0 Å². The molecule has 0 aromatic carbocycles. The minimum atomic E-state index is 0.541. The third-order valence-electron chi connectivity index (χ3n) is 3.26. The molecule has 2 aromatic rings. The minimum Gasteiger partial charge on any atom is -0.385 e. The van der Waals surface area contributed by atoms with Crippen molar-refractivity contribution in [3.05, 3.63) is 28.6 Å². The van der Waals surface area contributed by atoms with Gasteiger partial charge < -0.3 is 5.73 Å². The van der Waals surface area contributed by atoms with E-state index in [1.54, 1.807) is 0 Å². The highest BCUT2D eigenvalue weighted by Crippen LogP contribution is 2.34. The maximum absolute atomic E-state index is 6.07. The van der Waals surface area contributed by atoms with E-state index in [-0.39, 0.29) is 0 Å². The van der Waals surface area contributed by atoms with Crippen LogP contribution in [-0.2, 0) is 0 Å². The molecule has 0 aliphatic carbocycles. The molecule has 1 aliphatic heterocycles. The molecule has 0 amide bonds. The van der Waals surface area contributed by atoms with Gasteiger partial charge in [-0.05, 0) is 52.4 Å². The molecule has 1 saturated heterocycles. The summed E-state index contributed by atoms with van der Waals surface area (Å²) in [6, 6.07) is 5.95. The molecule has 0 saturated carbocycles. The van der Waals surface area contributed by atoms with Gasteiger partial charge in [0.25, 0.3) is 0 Å². The zero-order valence-corrected chi connectivity index (χ0v) is 11.8. The van der Waals surface area contributed by atoms with Crippen LogP contribution in [0.15, 0.2) is 22.8 Å². The molecule has 17 heavy (non-hydrogen) atoms. The van der Waals surface area contributed by atoms with Gasteiger partial charge in [-0.25, -0.2) is 4.98 Å². The number of nitrogen functional groups attached to an aromatic ring is 1. The minimum absolute atomic E-state index is 0.541. The maximum Gasteiger partial charge on any atom is 0.132 e. The lowest BCUT2D eigenvalue weighted by molar-refractivity contribution is 0.597. The zero-order valence-electron chi connectivity index (χ0n) is 9.40. The summed E-state index contributed by atoms with van der Waals surface area (Å²) in [5.41, 5.74) is 7.14. The highest BCUT2D eigenvalue weighted by Gasteiger charge is 2.22. The molecule has 0 bridgehead atoms. The van der Waals surface area contributed by atoms with Crippen LogP contribution in [0.3, 0.4) is 0 Å². The molecule has 0 unspecified atom stereocenters. The van der Waals surface area contributed by atoms with Crippen molar-refractivity contribution < 1.29 is 0 Å². The molecule has 3 rings (SSSR count). The van der Waals surface area contributed by atoms with E-state index in [2.05, 4.69) is 31.4 Å². The topological polar surface area (TPSA) is 43.3 Å². The van der Waals surface area contributed by atoms with Crippen LogP contribution in [-0.4, -0.2) is 20.9 Å². The second kappa shape index (κ2) is 4.53. The van der Waals surface area contributed by atoms with Gasteiger partial charge in [0.1, 0.15) is 16.2 Å². The molecule has 0 atom stereocenters. The first-order chi connectivity index (χ1) is 8.27. The molecule has 0 radical (unpaired) electrons. The van der Waals surface area contributed by atoms with Crippen molar-refractivity contribution in [2.24, 2.45) is 0 Å². The average molecular weight is 312 g/mol. The summed E-state index contributed by atoms with van der Waals surface area (Å²) in [7, 11) is 0. The van der Waals surface area contributed by atoms with Crippen molar-refractivity contribution in [3.63, 3.8) is 0 Å². The number of thioether (sulfide) groups is 1. The Morgan fingerprint density at radius 1 is 1.35 bits per heavy atom. The number of pyridine rings is 1. The lowest BCUT2D eigenvalue weighted by Crippen LogP contribution is -2.12. The third kappa shape index (κ3) is 1.95. The van der Waals surface area contributed by atoms with E-state index in [4.69, 9.17) is 5.73 Å². The molecule has 90 valence electrons. The predicted molar refractivity (Wildman–Crippen MR) is 76.6 cm³/mol. The van der Waals surface area contributed by atoms with Crippen LogP contribution in [0.25, 0.3) is 5.52 Å². The Bertz CT molecular complexity index is 546. The normalized spacial score (nSPS) is 17.7.